The standard InChI is InChI=1S/C28H38N4O4/c1-18-10-21-14-29-25(30-26(34)22-13-28(22)4-8-35-9-5-28)12-20(21)11-23(18)31-6-7-32(19(2)15-31)27(3)17-36-16-24(27)33/h10-12,14,19,22,24,33H,4-9,13,15-17H2,1-3H3,(H,29,30,34)/t19-,22?,24?,27?/m0/s1. The van der Waals surface area contributed by atoms with E-state index in [0.717, 1.165) is 62.9 Å². The van der Waals surface area contributed by atoms with E-state index in [1.807, 2.05) is 12.3 Å². The molecule has 1 amide bonds. The van der Waals surface area contributed by atoms with Crippen molar-refractivity contribution in [2.75, 3.05) is 56.3 Å². The Morgan fingerprint density at radius 1 is 1.17 bits per heavy atom. The summed E-state index contributed by atoms with van der Waals surface area (Å²) in [4.78, 5) is 22.3. The van der Waals surface area contributed by atoms with Crippen LogP contribution in [-0.4, -0.2) is 84.6 Å². The lowest BCUT2D eigenvalue weighted by Crippen LogP contribution is -2.64. The van der Waals surface area contributed by atoms with Crippen LogP contribution in [0.4, 0.5) is 11.5 Å². The van der Waals surface area contributed by atoms with Crippen molar-refractivity contribution in [1.82, 2.24) is 9.88 Å². The lowest BCUT2D eigenvalue weighted by Gasteiger charge is -2.49. The van der Waals surface area contributed by atoms with Gasteiger partial charge < -0.3 is 24.8 Å². The highest BCUT2D eigenvalue weighted by molar-refractivity contribution is 5.97. The van der Waals surface area contributed by atoms with E-state index >= 15 is 0 Å². The number of hydrogen-bond acceptors (Lipinski definition) is 7. The number of aliphatic hydroxyl groups is 1. The minimum Gasteiger partial charge on any atom is -0.389 e. The maximum Gasteiger partial charge on any atom is 0.229 e. The van der Waals surface area contributed by atoms with Crippen LogP contribution in [0.3, 0.4) is 0 Å². The fourth-order valence-electron chi connectivity index (χ4n) is 6.83. The lowest BCUT2D eigenvalue weighted by atomic mass is 9.92. The van der Waals surface area contributed by atoms with E-state index in [1.165, 1.54) is 11.3 Å². The smallest absolute Gasteiger partial charge is 0.229 e. The Morgan fingerprint density at radius 3 is 2.69 bits per heavy atom. The zero-order chi connectivity index (χ0) is 25.1. The number of hydrogen-bond donors (Lipinski definition) is 2. The quantitative estimate of drug-likeness (QED) is 0.676. The van der Waals surface area contributed by atoms with Gasteiger partial charge in [0.2, 0.25) is 5.91 Å². The second-order valence-corrected chi connectivity index (χ2v) is 11.7. The molecule has 4 heterocycles. The molecule has 36 heavy (non-hydrogen) atoms. The van der Waals surface area contributed by atoms with Crippen molar-refractivity contribution >= 4 is 28.2 Å². The highest BCUT2D eigenvalue weighted by atomic mass is 16.5. The van der Waals surface area contributed by atoms with Crippen molar-refractivity contribution in [3.8, 4) is 0 Å². The largest absolute Gasteiger partial charge is 0.389 e. The van der Waals surface area contributed by atoms with Gasteiger partial charge >= 0.3 is 0 Å². The topological polar surface area (TPSA) is 87.2 Å². The maximum absolute atomic E-state index is 12.9. The Bertz CT molecular complexity index is 1170. The molecule has 0 bridgehead atoms. The molecule has 1 spiro atoms. The van der Waals surface area contributed by atoms with Crippen molar-refractivity contribution in [2.45, 2.75) is 57.7 Å². The fraction of sp³-hybridized carbons (Fsp3) is 0.643. The summed E-state index contributed by atoms with van der Waals surface area (Å²) in [5.41, 5.74) is 2.26. The predicted molar refractivity (Wildman–Crippen MR) is 139 cm³/mol. The van der Waals surface area contributed by atoms with Gasteiger partial charge in [-0.2, -0.15) is 0 Å². The molecule has 8 heteroatoms. The van der Waals surface area contributed by atoms with Crippen molar-refractivity contribution in [2.24, 2.45) is 11.3 Å². The van der Waals surface area contributed by atoms with Gasteiger partial charge in [0.15, 0.2) is 0 Å². The van der Waals surface area contributed by atoms with Crippen LogP contribution in [0.15, 0.2) is 24.4 Å². The number of fused-ring (bicyclic) bond motifs is 1. The molecule has 3 saturated heterocycles. The van der Waals surface area contributed by atoms with E-state index in [-0.39, 0.29) is 22.8 Å². The number of ether oxygens (including phenoxy) is 2. The van der Waals surface area contributed by atoms with Crippen LogP contribution < -0.4 is 10.2 Å². The number of nitrogens with zero attached hydrogens (tertiary/aromatic N) is 3. The summed E-state index contributed by atoms with van der Waals surface area (Å²) < 4.78 is 11.1. The summed E-state index contributed by atoms with van der Waals surface area (Å²) in [5, 5.41) is 15.8. The summed E-state index contributed by atoms with van der Waals surface area (Å²) in [6.45, 7) is 11.7. The number of benzene rings is 1. The second-order valence-electron chi connectivity index (χ2n) is 11.7. The number of rotatable bonds is 4. The molecular weight excluding hydrogens is 456 g/mol. The molecule has 1 saturated carbocycles. The average molecular weight is 495 g/mol. The molecule has 1 aromatic heterocycles. The van der Waals surface area contributed by atoms with Crippen molar-refractivity contribution < 1.29 is 19.4 Å². The molecule has 4 aliphatic rings. The Balaban J connectivity index is 1.18. The minimum absolute atomic E-state index is 0.0795. The number of carbonyl (C=O) groups excluding carboxylic acids is 1. The van der Waals surface area contributed by atoms with Gasteiger partial charge in [0.05, 0.1) is 24.9 Å². The summed E-state index contributed by atoms with van der Waals surface area (Å²) in [7, 11) is 0. The molecule has 2 N–H and O–H groups in total. The molecule has 4 atom stereocenters. The van der Waals surface area contributed by atoms with Crippen molar-refractivity contribution in [1.29, 1.82) is 0 Å². The summed E-state index contributed by atoms with van der Waals surface area (Å²) in [5.74, 6) is 0.793. The van der Waals surface area contributed by atoms with E-state index < -0.39 is 6.10 Å². The summed E-state index contributed by atoms with van der Waals surface area (Å²) in [6.07, 6.45) is 4.34. The Hall–Kier alpha value is -2.26. The van der Waals surface area contributed by atoms with Crippen LogP contribution in [-0.2, 0) is 14.3 Å². The van der Waals surface area contributed by atoms with Gasteiger partial charge in [0, 0.05) is 62.1 Å². The normalized spacial score (nSPS) is 32.2. The van der Waals surface area contributed by atoms with Gasteiger partial charge in [-0.15, -0.1) is 0 Å². The van der Waals surface area contributed by atoms with Gasteiger partial charge in [-0.25, -0.2) is 4.98 Å². The van der Waals surface area contributed by atoms with Crippen LogP contribution in [0.1, 0.15) is 38.7 Å². The van der Waals surface area contributed by atoms with Gasteiger partial charge in [-0.05, 0) is 74.6 Å². The van der Waals surface area contributed by atoms with Crippen molar-refractivity contribution in [3.63, 3.8) is 0 Å². The predicted octanol–water partition coefficient (Wildman–Crippen LogP) is 2.96. The molecule has 2 aromatic rings. The third-order valence-corrected chi connectivity index (χ3v) is 9.29. The minimum atomic E-state index is -0.452. The average Bonchev–Trinajstić information content (AvgIpc) is 3.44. The number of pyridine rings is 1. The number of aromatic nitrogens is 1. The second kappa shape index (κ2) is 8.94. The highest BCUT2D eigenvalue weighted by Crippen LogP contribution is 2.59. The molecule has 8 nitrogen and oxygen atoms in total. The first-order chi connectivity index (χ1) is 17.3. The third kappa shape index (κ3) is 4.08. The Morgan fingerprint density at radius 2 is 1.97 bits per heavy atom. The molecule has 194 valence electrons. The van der Waals surface area contributed by atoms with Crippen LogP contribution in [0.5, 0.6) is 0 Å². The number of aryl methyl sites for hydroxylation is 1. The zero-order valence-corrected chi connectivity index (χ0v) is 21.6. The van der Waals surface area contributed by atoms with Gasteiger partial charge in [-0.3, -0.25) is 9.69 Å². The number of anilines is 2. The zero-order valence-electron chi connectivity index (χ0n) is 21.6. The molecule has 6 rings (SSSR count). The van der Waals surface area contributed by atoms with Crippen LogP contribution in [0.25, 0.3) is 10.8 Å². The van der Waals surface area contributed by atoms with E-state index in [4.69, 9.17) is 9.47 Å². The van der Waals surface area contributed by atoms with E-state index in [0.29, 0.717) is 25.1 Å². The van der Waals surface area contributed by atoms with E-state index in [2.05, 4.69) is 53.0 Å². The first-order valence-electron chi connectivity index (χ1n) is 13.4. The molecule has 0 radical (unpaired) electrons. The summed E-state index contributed by atoms with van der Waals surface area (Å²) >= 11 is 0. The number of aliphatic hydroxyl groups excluding tert-OH is 1. The number of amides is 1. The SMILES string of the molecule is Cc1cc2cnc(NC(=O)C3CC34CCOCC4)cc2cc1N1CCN(C2(C)COCC2O)[C@@H](C)C1. The first-order valence-corrected chi connectivity index (χ1v) is 13.4. The maximum atomic E-state index is 12.9. The van der Waals surface area contributed by atoms with Crippen LogP contribution in [0.2, 0.25) is 0 Å². The molecular formula is C28H38N4O4. The van der Waals surface area contributed by atoms with Gasteiger partial charge in [-0.1, -0.05) is 0 Å². The summed E-state index contributed by atoms with van der Waals surface area (Å²) in [6, 6.07) is 6.71. The monoisotopic (exact) mass is 494 g/mol. The van der Waals surface area contributed by atoms with E-state index in [1.54, 1.807) is 0 Å². The first kappa shape index (κ1) is 24.1. The van der Waals surface area contributed by atoms with Gasteiger partial charge in [0.25, 0.3) is 0 Å². The molecule has 4 fully saturated rings. The number of nitrogens with one attached hydrogen (secondary N) is 1. The van der Waals surface area contributed by atoms with E-state index in [9.17, 15) is 9.90 Å². The molecule has 1 aliphatic carbocycles. The number of piperazine rings is 1. The molecule has 1 aromatic carbocycles. The number of carbonyl (C=O) groups is 1. The molecule has 3 unspecified atom stereocenters. The fourth-order valence-corrected chi connectivity index (χ4v) is 6.83. The third-order valence-electron chi connectivity index (χ3n) is 9.29. The van der Waals surface area contributed by atoms with Gasteiger partial charge in [0.1, 0.15) is 5.82 Å². The Labute approximate surface area is 212 Å². The Kier molecular flexibility index (Phi) is 5.98. The van der Waals surface area contributed by atoms with Crippen LogP contribution in [0, 0.1) is 18.3 Å². The lowest BCUT2D eigenvalue weighted by molar-refractivity contribution is -0.118. The molecule has 3 aliphatic heterocycles. The highest BCUT2D eigenvalue weighted by Gasteiger charge is 2.58. The van der Waals surface area contributed by atoms with Crippen molar-refractivity contribution in [3.05, 3.63) is 30.0 Å². The van der Waals surface area contributed by atoms with Crippen LogP contribution >= 0.6 is 0 Å².